The number of carbonyl (C=O) groups is 1. The van der Waals surface area contributed by atoms with Crippen LogP contribution in [0, 0.1) is 0 Å². The quantitative estimate of drug-likeness (QED) is 0.796. The lowest BCUT2D eigenvalue weighted by molar-refractivity contribution is -0.136. The highest BCUT2D eigenvalue weighted by Gasteiger charge is 2.29. The standard InChI is InChI=1S/C11H15NO6S2/c1-3-19(15,16)10-7-5-4-6-9(10)12-20(17,18)8(2)11(13)14/h4-8,12H,3H2,1-2H3,(H,13,14). The van der Waals surface area contributed by atoms with Crippen LogP contribution >= 0.6 is 0 Å². The second-order valence-corrected chi connectivity index (χ2v) is 8.28. The van der Waals surface area contributed by atoms with E-state index in [4.69, 9.17) is 5.11 Å². The first kappa shape index (κ1) is 16.4. The van der Waals surface area contributed by atoms with Gasteiger partial charge in [0.2, 0.25) is 10.0 Å². The molecule has 0 radical (unpaired) electrons. The van der Waals surface area contributed by atoms with E-state index in [9.17, 15) is 21.6 Å². The molecule has 2 N–H and O–H groups in total. The monoisotopic (exact) mass is 321 g/mol. The maximum absolute atomic E-state index is 11.9. The van der Waals surface area contributed by atoms with Crippen LogP contribution in [0.5, 0.6) is 0 Å². The van der Waals surface area contributed by atoms with Crippen LogP contribution in [-0.2, 0) is 24.7 Å². The Morgan fingerprint density at radius 2 is 1.80 bits per heavy atom. The molecular weight excluding hydrogens is 306 g/mol. The van der Waals surface area contributed by atoms with E-state index < -0.39 is 31.1 Å². The first-order chi connectivity index (χ1) is 9.12. The Morgan fingerprint density at radius 3 is 2.30 bits per heavy atom. The van der Waals surface area contributed by atoms with E-state index in [2.05, 4.69) is 0 Å². The smallest absolute Gasteiger partial charge is 0.323 e. The van der Waals surface area contributed by atoms with E-state index in [-0.39, 0.29) is 16.3 Å². The van der Waals surface area contributed by atoms with Gasteiger partial charge in [-0.25, -0.2) is 16.8 Å². The van der Waals surface area contributed by atoms with Gasteiger partial charge >= 0.3 is 5.97 Å². The molecule has 0 heterocycles. The summed E-state index contributed by atoms with van der Waals surface area (Å²) in [6.45, 7) is 2.43. The van der Waals surface area contributed by atoms with E-state index in [0.29, 0.717) is 0 Å². The van der Waals surface area contributed by atoms with Crippen molar-refractivity contribution < 1.29 is 26.7 Å². The first-order valence-corrected chi connectivity index (χ1v) is 8.88. The third-order valence-corrected chi connectivity index (χ3v) is 6.09. The van der Waals surface area contributed by atoms with Crippen molar-refractivity contribution in [1.82, 2.24) is 0 Å². The molecule has 1 aromatic rings. The van der Waals surface area contributed by atoms with Crippen molar-refractivity contribution in [2.75, 3.05) is 10.5 Å². The van der Waals surface area contributed by atoms with Crippen LogP contribution in [0.4, 0.5) is 5.69 Å². The van der Waals surface area contributed by atoms with Crippen molar-refractivity contribution in [2.45, 2.75) is 24.0 Å². The maximum Gasteiger partial charge on any atom is 0.323 e. The van der Waals surface area contributed by atoms with Gasteiger partial charge in [0, 0.05) is 0 Å². The van der Waals surface area contributed by atoms with Gasteiger partial charge in [-0.2, -0.15) is 0 Å². The van der Waals surface area contributed by atoms with Gasteiger partial charge in [-0.3, -0.25) is 9.52 Å². The molecule has 0 aliphatic heterocycles. The van der Waals surface area contributed by atoms with E-state index in [1.807, 2.05) is 4.72 Å². The minimum atomic E-state index is -4.22. The number of anilines is 1. The molecule has 0 aromatic heterocycles. The van der Waals surface area contributed by atoms with Gasteiger partial charge in [-0.1, -0.05) is 19.1 Å². The Morgan fingerprint density at radius 1 is 1.25 bits per heavy atom. The predicted molar refractivity (Wildman–Crippen MR) is 73.8 cm³/mol. The van der Waals surface area contributed by atoms with Crippen LogP contribution in [0.2, 0.25) is 0 Å². The second kappa shape index (κ2) is 5.80. The van der Waals surface area contributed by atoms with Gasteiger partial charge in [0.05, 0.1) is 16.3 Å². The molecule has 20 heavy (non-hydrogen) atoms. The molecule has 0 amide bonds. The molecule has 0 aliphatic carbocycles. The Hall–Kier alpha value is -1.61. The van der Waals surface area contributed by atoms with Crippen molar-refractivity contribution in [3.05, 3.63) is 24.3 Å². The largest absolute Gasteiger partial charge is 0.480 e. The molecule has 0 saturated heterocycles. The van der Waals surface area contributed by atoms with Crippen molar-refractivity contribution in [3.8, 4) is 0 Å². The van der Waals surface area contributed by atoms with Crippen molar-refractivity contribution in [1.29, 1.82) is 0 Å². The average Bonchev–Trinajstić information content (AvgIpc) is 2.37. The summed E-state index contributed by atoms with van der Waals surface area (Å²) in [5, 5.41) is 7.04. The molecule has 0 fully saturated rings. The summed E-state index contributed by atoms with van der Waals surface area (Å²) >= 11 is 0. The number of benzene rings is 1. The number of aliphatic carboxylic acids is 1. The molecular formula is C11H15NO6S2. The fourth-order valence-corrected chi connectivity index (χ4v) is 3.39. The average molecular weight is 321 g/mol. The SMILES string of the molecule is CCS(=O)(=O)c1ccccc1NS(=O)(=O)C(C)C(=O)O. The molecule has 7 nitrogen and oxygen atoms in total. The lowest BCUT2D eigenvalue weighted by Crippen LogP contribution is -2.32. The number of carboxylic acid groups (broad SMARTS) is 1. The Labute approximate surface area is 117 Å². The Balaban J connectivity index is 3.28. The lowest BCUT2D eigenvalue weighted by atomic mass is 10.3. The van der Waals surface area contributed by atoms with Gasteiger partial charge in [0.1, 0.15) is 0 Å². The van der Waals surface area contributed by atoms with E-state index >= 15 is 0 Å². The van der Waals surface area contributed by atoms with Crippen LogP contribution in [-0.4, -0.2) is 38.9 Å². The van der Waals surface area contributed by atoms with Crippen molar-refractivity contribution in [3.63, 3.8) is 0 Å². The fraction of sp³-hybridized carbons (Fsp3) is 0.364. The van der Waals surface area contributed by atoms with Gasteiger partial charge in [-0.05, 0) is 19.1 Å². The number of hydrogen-bond acceptors (Lipinski definition) is 5. The van der Waals surface area contributed by atoms with Gasteiger partial charge < -0.3 is 5.11 Å². The number of carboxylic acids is 1. The third kappa shape index (κ3) is 3.48. The van der Waals surface area contributed by atoms with Crippen LogP contribution in [0.1, 0.15) is 13.8 Å². The number of rotatable bonds is 6. The molecule has 1 aromatic carbocycles. The van der Waals surface area contributed by atoms with Crippen LogP contribution in [0.3, 0.4) is 0 Å². The summed E-state index contributed by atoms with van der Waals surface area (Å²) in [4.78, 5) is 10.6. The zero-order valence-electron chi connectivity index (χ0n) is 10.9. The number of nitrogens with one attached hydrogen (secondary N) is 1. The van der Waals surface area contributed by atoms with Gasteiger partial charge in [0.15, 0.2) is 15.1 Å². The molecule has 1 unspecified atom stereocenters. The van der Waals surface area contributed by atoms with E-state index in [1.54, 1.807) is 0 Å². The zero-order valence-corrected chi connectivity index (χ0v) is 12.5. The van der Waals surface area contributed by atoms with E-state index in [0.717, 1.165) is 6.92 Å². The summed E-state index contributed by atoms with van der Waals surface area (Å²) in [5.41, 5.74) is -0.151. The summed E-state index contributed by atoms with van der Waals surface area (Å²) in [6, 6.07) is 5.45. The number of sulfone groups is 1. The number of para-hydroxylation sites is 1. The molecule has 112 valence electrons. The first-order valence-electron chi connectivity index (χ1n) is 5.68. The molecule has 1 rings (SSSR count). The summed E-state index contributed by atoms with van der Waals surface area (Å²) in [7, 11) is -7.84. The van der Waals surface area contributed by atoms with Crippen LogP contribution in [0.25, 0.3) is 0 Å². The molecule has 0 aliphatic rings. The van der Waals surface area contributed by atoms with Crippen LogP contribution < -0.4 is 4.72 Å². The summed E-state index contributed by atoms with van der Waals surface area (Å²) in [6.07, 6.45) is 0. The lowest BCUT2D eigenvalue weighted by Gasteiger charge is -2.14. The minimum absolute atomic E-state index is 0.151. The maximum atomic E-state index is 11.9. The highest BCUT2D eigenvalue weighted by molar-refractivity contribution is 7.94. The third-order valence-electron chi connectivity index (χ3n) is 2.67. The molecule has 0 spiro atoms. The summed E-state index contributed by atoms with van der Waals surface area (Å²) < 4.78 is 49.4. The highest BCUT2D eigenvalue weighted by Crippen LogP contribution is 2.23. The van der Waals surface area contributed by atoms with Gasteiger partial charge in [0.25, 0.3) is 0 Å². The molecule has 1 atom stereocenters. The number of sulfonamides is 1. The molecule has 0 bridgehead atoms. The van der Waals surface area contributed by atoms with Gasteiger partial charge in [-0.15, -0.1) is 0 Å². The topological polar surface area (TPSA) is 118 Å². The number of hydrogen-bond donors (Lipinski definition) is 2. The fourth-order valence-electron chi connectivity index (χ4n) is 1.35. The van der Waals surface area contributed by atoms with E-state index in [1.165, 1.54) is 31.2 Å². The predicted octanol–water partition coefficient (Wildman–Crippen LogP) is 0.695. The zero-order chi connectivity index (χ0) is 15.6. The minimum Gasteiger partial charge on any atom is -0.480 e. The Bertz CT molecular complexity index is 708. The second-order valence-electron chi connectivity index (χ2n) is 4.03. The normalized spacial score (nSPS) is 13.7. The molecule has 9 heteroatoms. The summed E-state index contributed by atoms with van der Waals surface area (Å²) in [5.74, 6) is -1.71. The van der Waals surface area contributed by atoms with Crippen LogP contribution in [0.15, 0.2) is 29.2 Å². The van der Waals surface area contributed by atoms with Crippen molar-refractivity contribution >= 4 is 31.5 Å². The molecule has 0 saturated carbocycles. The van der Waals surface area contributed by atoms with Crippen molar-refractivity contribution in [2.24, 2.45) is 0 Å². The highest BCUT2D eigenvalue weighted by atomic mass is 32.2. The Kier molecular flexibility index (Phi) is 4.77.